The normalized spacial score (nSPS) is 25.5. The number of halogens is 2. The Labute approximate surface area is 118 Å². The van der Waals surface area contributed by atoms with Crippen molar-refractivity contribution in [3.05, 3.63) is 29.3 Å². The second kappa shape index (κ2) is 4.09. The predicted molar refractivity (Wildman–Crippen MR) is 77.9 cm³/mol. The molecule has 0 bridgehead atoms. The first kappa shape index (κ1) is 13.1. The van der Waals surface area contributed by atoms with E-state index in [9.17, 15) is 4.79 Å². The largest absolute Gasteiger partial charge is 0.325 e. The van der Waals surface area contributed by atoms with E-state index in [0.717, 1.165) is 17.7 Å². The lowest BCUT2D eigenvalue weighted by molar-refractivity contribution is -0.120. The molecular formula is C13H15Br2NO. The van der Waals surface area contributed by atoms with Gasteiger partial charge in [-0.2, -0.15) is 0 Å². The molecule has 0 radical (unpaired) electrons. The molecule has 1 aromatic carbocycles. The van der Waals surface area contributed by atoms with Crippen LogP contribution in [0, 0.1) is 19.3 Å². The summed E-state index contributed by atoms with van der Waals surface area (Å²) in [4.78, 5) is 12.2. The first-order valence-electron chi connectivity index (χ1n) is 5.53. The number of rotatable bonds is 2. The summed E-state index contributed by atoms with van der Waals surface area (Å²) in [6.07, 6.45) is 0.802. The highest BCUT2D eigenvalue weighted by Gasteiger charge is 2.66. The molecule has 1 aromatic rings. The van der Waals surface area contributed by atoms with Gasteiger partial charge in [0.1, 0.15) is 0 Å². The number of carbonyl (C=O) groups excluding carboxylic acids is 1. The highest BCUT2D eigenvalue weighted by atomic mass is 79.9. The first-order valence-corrected chi connectivity index (χ1v) is 7.12. The SMILES string of the molecule is Cc1cccc(NC(=O)[C@@]2(C)CC2(Br)Br)c1C. The van der Waals surface area contributed by atoms with Crippen LogP contribution in [0.3, 0.4) is 0 Å². The molecule has 1 aliphatic rings. The lowest BCUT2D eigenvalue weighted by Crippen LogP contribution is -2.26. The molecular weight excluding hydrogens is 346 g/mol. The Morgan fingerprint density at radius 2 is 1.94 bits per heavy atom. The second-order valence-electron chi connectivity index (χ2n) is 4.91. The molecule has 1 saturated carbocycles. The summed E-state index contributed by atoms with van der Waals surface area (Å²) < 4.78 is -0.241. The van der Waals surface area contributed by atoms with E-state index < -0.39 is 0 Å². The minimum Gasteiger partial charge on any atom is -0.325 e. The lowest BCUT2D eigenvalue weighted by Gasteiger charge is -2.15. The predicted octanol–water partition coefficient (Wildman–Crippen LogP) is 4.14. The van der Waals surface area contributed by atoms with E-state index in [2.05, 4.69) is 37.2 Å². The van der Waals surface area contributed by atoms with Gasteiger partial charge in [0.05, 0.1) is 8.65 Å². The van der Waals surface area contributed by atoms with Crippen molar-refractivity contribution in [2.45, 2.75) is 30.4 Å². The molecule has 92 valence electrons. The Bertz CT molecular complexity index is 484. The minimum atomic E-state index is -0.372. The van der Waals surface area contributed by atoms with Crippen molar-refractivity contribution in [2.24, 2.45) is 5.41 Å². The van der Waals surface area contributed by atoms with Crippen molar-refractivity contribution in [1.29, 1.82) is 0 Å². The number of alkyl halides is 2. The molecule has 1 atom stereocenters. The number of amides is 1. The van der Waals surface area contributed by atoms with Gasteiger partial charge in [0, 0.05) is 5.69 Å². The Kier molecular flexibility index (Phi) is 3.15. The number of carbonyl (C=O) groups is 1. The van der Waals surface area contributed by atoms with Crippen molar-refractivity contribution in [2.75, 3.05) is 5.32 Å². The third-order valence-electron chi connectivity index (χ3n) is 3.61. The van der Waals surface area contributed by atoms with Crippen molar-refractivity contribution >= 4 is 43.5 Å². The van der Waals surface area contributed by atoms with Crippen LogP contribution in [0.1, 0.15) is 24.5 Å². The summed E-state index contributed by atoms with van der Waals surface area (Å²) in [5.74, 6) is 0.0555. The summed E-state index contributed by atoms with van der Waals surface area (Å²) in [6, 6.07) is 5.95. The van der Waals surface area contributed by atoms with E-state index in [1.165, 1.54) is 5.56 Å². The van der Waals surface area contributed by atoms with Crippen LogP contribution < -0.4 is 5.32 Å². The van der Waals surface area contributed by atoms with E-state index in [0.29, 0.717) is 0 Å². The Morgan fingerprint density at radius 1 is 1.35 bits per heavy atom. The maximum atomic E-state index is 12.2. The van der Waals surface area contributed by atoms with Gasteiger partial charge in [0.2, 0.25) is 5.91 Å². The molecule has 1 N–H and O–H groups in total. The van der Waals surface area contributed by atoms with E-state index in [-0.39, 0.29) is 14.6 Å². The smallest absolute Gasteiger partial charge is 0.232 e. The van der Waals surface area contributed by atoms with Crippen LogP contribution in [0.25, 0.3) is 0 Å². The molecule has 0 saturated heterocycles. The standard InChI is InChI=1S/C13H15Br2NO/c1-8-5-4-6-10(9(8)2)16-11(17)12(3)7-13(12,14)15/h4-6H,7H2,1-3H3,(H,16,17)/t12-/m1/s1. The molecule has 2 rings (SSSR count). The van der Waals surface area contributed by atoms with E-state index in [1.54, 1.807) is 0 Å². The third-order valence-corrected chi connectivity index (χ3v) is 5.92. The molecule has 1 aliphatic carbocycles. The number of aryl methyl sites for hydroxylation is 1. The Hall–Kier alpha value is -0.350. The topological polar surface area (TPSA) is 29.1 Å². The highest BCUT2D eigenvalue weighted by molar-refractivity contribution is 9.25. The number of benzene rings is 1. The molecule has 0 heterocycles. The van der Waals surface area contributed by atoms with Gasteiger partial charge in [-0.05, 0) is 44.4 Å². The lowest BCUT2D eigenvalue weighted by atomic mass is 10.1. The van der Waals surface area contributed by atoms with Gasteiger partial charge in [0.25, 0.3) is 0 Å². The van der Waals surface area contributed by atoms with Crippen LogP contribution in [0.2, 0.25) is 0 Å². The van der Waals surface area contributed by atoms with Gasteiger partial charge in [-0.1, -0.05) is 44.0 Å². The van der Waals surface area contributed by atoms with Gasteiger partial charge in [-0.3, -0.25) is 4.79 Å². The zero-order chi connectivity index (χ0) is 12.8. The maximum absolute atomic E-state index is 12.2. The molecule has 0 aliphatic heterocycles. The number of hydrogen-bond donors (Lipinski definition) is 1. The van der Waals surface area contributed by atoms with Crippen LogP contribution in [0.4, 0.5) is 5.69 Å². The third kappa shape index (κ3) is 2.17. The van der Waals surface area contributed by atoms with Gasteiger partial charge < -0.3 is 5.32 Å². The first-order chi connectivity index (χ1) is 7.78. The van der Waals surface area contributed by atoms with Crippen molar-refractivity contribution < 1.29 is 4.79 Å². The summed E-state index contributed by atoms with van der Waals surface area (Å²) >= 11 is 7.02. The fraction of sp³-hybridized carbons (Fsp3) is 0.462. The zero-order valence-corrected chi connectivity index (χ0v) is 13.3. The van der Waals surface area contributed by atoms with Gasteiger partial charge in [-0.15, -0.1) is 0 Å². The van der Waals surface area contributed by atoms with Crippen LogP contribution in [0.15, 0.2) is 18.2 Å². The molecule has 0 aromatic heterocycles. The van der Waals surface area contributed by atoms with Crippen molar-refractivity contribution in [3.8, 4) is 0 Å². The Balaban J connectivity index is 2.18. The fourth-order valence-corrected chi connectivity index (χ4v) is 3.27. The molecule has 1 fully saturated rings. The van der Waals surface area contributed by atoms with E-state index in [4.69, 9.17) is 0 Å². The monoisotopic (exact) mass is 359 g/mol. The van der Waals surface area contributed by atoms with Crippen LogP contribution in [-0.2, 0) is 4.79 Å². The molecule has 2 nitrogen and oxygen atoms in total. The molecule has 0 unspecified atom stereocenters. The summed E-state index contributed by atoms with van der Waals surface area (Å²) in [7, 11) is 0. The fourth-order valence-electron chi connectivity index (χ4n) is 1.79. The van der Waals surface area contributed by atoms with Crippen molar-refractivity contribution in [1.82, 2.24) is 0 Å². The van der Waals surface area contributed by atoms with Crippen LogP contribution in [-0.4, -0.2) is 9.14 Å². The van der Waals surface area contributed by atoms with Gasteiger partial charge >= 0.3 is 0 Å². The van der Waals surface area contributed by atoms with E-state index in [1.807, 2.05) is 39.0 Å². The van der Waals surface area contributed by atoms with Crippen LogP contribution >= 0.6 is 31.9 Å². The second-order valence-corrected chi connectivity index (χ2v) is 8.69. The zero-order valence-electron chi connectivity index (χ0n) is 10.1. The number of anilines is 1. The summed E-state index contributed by atoms with van der Waals surface area (Å²) in [5, 5.41) is 3.01. The maximum Gasteiger partial charge on any atom is 0.232 e. The average Bonchev–Trinajstić information content (AvgIpc) is 2.75. The highest BCUT2D eigenvalue weighted by Crippen LogP contribution is 2.66. The molecule has 17 heavy (non-hydrogen) atoms. The molecule has 4 heteroatoms. The van der Waals surface area contributed by atoms with Gasteiger partial charge in [0.15, 0.2) is 0 Å². The summed E-state index contributed by atoms with van der Waals surface area (Å²) in [6.45, 7) is 6.02. The van der Waals surface area contributed by atoms with E-state index >= 15 is 0 Å². The summed E-state index contributed by atoms with van der Waals surface area (Å²) in [5.41, 5.74) is 2.84. The molecule has 0 spiro atoms. The Morgan fingerprint density at radius 3 is 2.47 bits per heavy atom. The minimum absolute atomic E-state index is 0.0555. The van der Waals surface area contributed by atoms with Gasteiger partial charge in [-0.25, -0.2) is 0 Å². The molecule has 1 amide bonds. The van der Waals surface area contributed by atoms with Crippen molar-refractivity contribution in [3.63, 3.8) is 0 Å². The number of hydrogen-bond acceptors (Lipinski definition) is 1. The average molecular weight is 361 g/mol. The van der Waals surface area contributed by atoms with Crippen LogP contribution in [0.5, 0.6) is 0 Å². The number of nitrogens with one attached hydrogen (secondary N) is 1. The quantitative estimate of drug-likeness (QED) is 0.789.